The van der Waals surface area contributed by atoms with Crippen molar-refractivity contribution >= 4 is 50.7 Å². The predicted octanol–water partition coefficient (Wildman–Crippen LogP) is 3.47. The van der Waals surface area contributed by atoms with E-state index in [0.29, 0.717) is 40.3 Å². The summed E-state index contributed by atoms with van der Waals surface area (Å²) in [6.07, 6.45) is 1.00. The fraction of sp³-hybridized carbons (Fsp3) is 0.417. The van der Waals surface area contributed by atoms with Crippen LogP contribution in [0.2, 0.25) is 10.0 Å². The zero-order valence-electron chi connectivity index (χ0n) is 20.5. The lowest BCUT2D eigenvalue weighted by Gasteiger charge is -2.32. The maximum Gasteiger partial charge on any atom is 0.244 e. The Labute approximate surface area is 221 Å². The Morgan fingerprint density at radius 1 is 1.03 bits per heavy atom. The van der Waals surface area contributed by atoms with Gasteiger partial charge in [0.2, 0.25) is 21.8 Å². The number of nitrogens with one attached hydrogen (secondary N) is 1. The van der Waals surface area contributed by atoms with Crippen LogP contribution in [0.4, 0.5) is 5.69 Å². The van der Waals surface area contributed by atoms with Gasteiger partial charge in [-0.05, 0) is 45.0 Å². The van der Waals surface area contributed by atoms with Gasteiger partial charge in [0, 0.05) is 34.3 Å². The molecule has 0 saturated heterocycles. The van der Waals surface area contributed by atoms with Gasteiger partial charge in [-0.25, -0.2) is 8.42 Å². The number of rotatable bonds is 9. The van der Waals surface area contributed by atoms with Crippen molar-refractivity contribution in [3.8, 4) is 11.5 Å². The molecule has 0 bridgehead atoms. The van der Waals surface area contributed by atoms with Crippen LogP contribution in [0.3, 0.4) is 0 Å². The molecule has 0 fully saturated rings. The third-order valence-corrected chi connectivity index (χ3v) is 7.33. The molecule has 196 valence electrons. The zero-order chi connectivity index (χ0) is 26.6. The topological polar surface area (TPSA) is 105 Å². The van der Waals surface area contributed by atoms with E-state index in [1.807, 2.05) is 0 Å². The molecule has 0 spiro atoms. The average Bonchev–Trinajstić information content (AvgIpc) is 2.80. The molecule has 36 heavy (non-hydrogen) atoms. The second-order valence-corrected chi connectivity index (χ2v) is 11.4. The molecule has 2 aromatic rings. The van der Waals surface area contributed by atoms with Crippen LogP contribution in [0.1, 0.15) is 26.3 Å². The highest BCUT2D eigenvalue weighted by molar-refractivity contribution is 7.92. The molecule has 1 atom stereocenters. The SMILES string of the molecule is CC(C)NC(=O)[C@@H](C)N(Cc1c(Cl)cccc1Cl)C(=O)CN(c1ccc2c(c1)OCCO2)S(C)(=O)=O. The number of halogens is 2. The van der Waals surface area contributed by atoms with Crippen LogP contribution in [0.25, 0.3) is 0 Å². The van der Waals surface area contributed by atoms with Crippen molar-refractivity contribution in [3.05, 3.63) is 52.0 Å². The summed E-state index contributed by atoms with van der Waals surface area (Å²) in [7, 11) is -3.89. The van der Waals surface area contributed by atoms with Crippen LogP contribution in [0, 0.1) is 0 Å². The Morgan fingerprint density at radius 2 is 1.64 bits per heavy atom. The lowest BCUT2D eigenvalue weighted by molar-refractivity contribution is -0.139. The number of carbonyl (C=O) groups excluding carboxylic acids is 2. The summed E-state index contributed by atoms with van der Waals surface area (Å²) < 4.78 is 37.5. The lowest BCUT2D eigenvalue weighted by atomic mass is 10.1. The van der Waals surface area contributed by atoms with Crippen LogP contribution in [0.15, 0.2) is 36.4 Å². The van der Waals surface area contributed by atoms with Gasteiger partial charge >= 0.3 is 0 Å². The standard InChI is InChI=1S/C24H29Cl2N3O6S/c1-15(2)27-24(31)16(3)28(13-18-19(25)6-5-7-20(18)26)23(30)14-29(36(4,32)33)17-8-9-21-22(12-17)35-11-10-34-21/h5-9,12,15-16H,10-11,13-14H2,1-4H3,(H,27,31)/t16-/m1/s1. The number of fused-ring (bicyclic) bond motifs is 1. The lowest BCUT2D eigenvalue weighted by Crippen LogP contribution is -2.52. The van der Waals surface area contributed by atoms with Crippen LogP contribution in [-0.2, 0) is 26.2 Å². The monoisotopic (exact) mass is 557 g/mol. The minimum atomic E-state index is -3.89. The van der Waals surface area contributed by atoms with Crippen LogP contribution in [-0.4, -0.2) is 63.2 Å². The summed E-state index contributed by atoms with van der Waals surface area (Å²) in [6, 6.07) is 8.46. The summed E-state index contributed by atoms with van der Waals surface area (Å²) in [5.41, 5.74) is 0.675. The summed E-state index contributed by atoms with van der Waals surface area (Å²) in [5, 5.41) is 3.43. The molecule has 2 amide bonds. The van der Waals surface area contributed by atoms with E-state index >= 15 is 0 Å². The van der Waals surface area contributed by atoms with Gasteiger partial charge < -0.3 is 19.7 Å². The van der Waals surface area contributed by atoms with Gasteiger partial charge in [-0.2, -0.15) is 0 Å². The molecule has 0 aromatic heterocycles. The van der Waals surface area contributed by atoms with E-state index in [2.05, 4.69) is 5.32 Å². The molecule has 9 nitrogen and oxygen atoms in total. The van der Waals surface area contributed by atoms with Gasteiger partial charge in [-0.3, -0.25) is 13.9 Å². The molecule has 1 aliphatic heterocycles. The Kier molecular flexibility index (Phi) is 8.97. The van der Waals surface area contributed by atoms with Crippen molar-refractivity contribution in [2.24, 2.45) is 0 Å². The number of hydrogen-bond donors (Lipinski definition) is 1. The van der Waals surface area contributed by atoms with Gasteiger partial charge in [-0.1, -0.05) is 29.3 Å². The van der Waals surface area contributed by atoms with Crippen molar-refractivity contribution < 1.29 is 27.5 Å². The maximum atomic E-state index is 13.6. The van der Waals surface area contributed by atoms with Crippen molar-refractivity contribution in [3.63, 3.8) is 0 Å². The fourth-order valence-electron chi connectivity index (χ4n) is 3.64. The number of hydrogen-bond acceptors (Lipinski definition) is 6. The highest BCUT2D eigenvalue weighted by atomic mass is 35.5. The fourth-order valence-corrected chi connectivity index (χ4v) is 5.00. The molecule has 12 heteroatoms. The molecule has 0 aliphatic carbocycles. The zero-order valence-corrected chi connectivity index (χ0v) is 22.8. The number of ether oxygens (including phenoxy) is 2. The summed E-state index contributed by atoms with van der Waals surface area (Å²) in [5.74, 6) is -0.146. The number of amides is 2. The Balaban J connectivity index is 1.96. The third-order valence-electron chi connectivity index (χ3n) is 5.48. The number of anilines is 1. The first-order valence-electron chi connectivity index (χ1n) is 11.3. The maximum absolute atomic E-state index is 13.6. The van der Waals surface area contributed by atoms with E-state index < -0.39 is 34.4 Å². The van der Waals surface area contributed by atoms with Crippen LogP contribution >= 0.6 is 23.2 Å². The summed E-state index contributed by atoms with van der Waals surface area (Å²) in [4.78, 5) is 27.7. The van der Waals surface area contributed by atoms with Crippen molar-refractivity contribution in [2.75, 3.05) is 30.3 Å². The van der Waals surface area contributed by atoms with Crippen molar-refractivity contribution in [2.45, 2.75) is 39.4 Å². The number of nitrogens with zero attached hydrogens (tertiary/aromatic N) is 2. The van der Waals surface area contributed by atoms with E-state index in [1.165, 1.54) is 17.0 Å². The Bertz CT molecular complexity index is 1220. The first kappa shape index (κ1) is 27.9. The largest absolute Gasteiger partial charge is 0.486 e. The average molecular weight is 558 g/mol. The first-order chi connectivity index (χ1) is 16.9. The van der Waals surface area contributed by atoms with E-state index in [1.54, 1.807) is 45.0 Å². The number of carbonyl (C=O) groups is 2. The van der Waals surface area contributed by atoms with E-state index in [9.17, 15) is 18.0 Å². The Hall–Kier alpha value is -2.69. The minimum absolute atomic E-state index is 0.0945. The molecule has 1 heterocycles. The predicted molar refractivity (Wildman–Crippen MR) is 139 cm³/mol. The second kappa shape index (κ2) is 11.6. The molecule has 1 aliphatic rings. The quantitative estimate of drug-likeness (QED) is 0.506. The molecular weight excluding hydrogens is 529 g/mol. The highest BCUT2D eigenvalue weighted by Gasteiger charge is 2.31. The minimum Gasteiger partial charge on any atom is -0.486 e. The number of sulfonamides is 1. The molecule has 0 radical (unpaired) electrons. The first-order valence-corrected chi connectivity index (χ1v) is 13.9. The summed E-state index contributed by atoms with van der Waals surface area (Å²) >= 11 is 12.7. The van der Waals surface area contributed by atoms with Gasteiger partial charge in [0.1, 0.15) is 25.8 Å². The van der Waals surface area contributed by atoms with Gasteiger partial charge in [0.25, 0.3) is 0 Å². The van der Waals surface area contributed by atoms with Crippen LogP contribution in [0.5, 0.6) is 11.5 Å². The van der Waals surface area contributed by atoms with E-state index in [-0.39, 0.29) is 18.3 Å². The molecule has 0 saturated carbocycles. The molecule has 1 N–H and O–H groups in total. The Morgan fingerprint density at radius 3 is 2.22 bits per heavy atom. The van der Waals surface area contributed by atoms with Gasteiger partial charge in [0.05, 0.1) is 11.9 Å². The van der Waals surface area contributed by atoms with E-state index in [0.717, 1.165) is 10.6 Å². The molecule has 2 aromatic carbocycles. The van der Waals surface area contributed by atoms with Crippen LogP contribution < -0.4 is 19.1 Å². The molecule has 3 rings (SSSR count). The number of benzene rings is 2. The normalized spacial score (nSPS) is 13.8. The third kappa shape index (κ3) is 6.74. The van der Waals surface area contributed by atoms with Crippen molar-refractivity contribution in [1.29, 1.82) is 0 Å². The van der Waals surface area contributed by atoms with Crippen molar-refractivity contribution in [1.82, 2.24) is 10.2 Å². The molecular formula is C24H29Cl2N3O6S. The van der Waals surface area contributed by atoms with Gasteiger partial charge in [0.15, 0.2) is 11.5 Å². The van der Waals surface area contributed by atoms with Gasteiger partial charge in [-0.15, -0.1) is 0 Å². The molecule has 0 unspecified atom stereocenters. The highest BCUT2D eigenvalue weighted by Crippen LogP contribution is 2.35. The second-order valence-electron chi connectivity index (χ2n) is 8.66. The smallest absolute Gasteiger partial charge is 0.244 e. The summed E-state index contributed by atoms with van der Waals surface area (Å²) in [6.45, 7) is 5.22. The van der Waals surface area contributed by atoms with E-state index in [4.69, 9.17) is 32.7 Å².